The molecule has 0 aromatic heterocycles. The van der Waals surface area contributed by atoms with Gasteiger partial charge >= 0.3 is 6.09 Å². The zero-order valence-corrected chi connectivity index (χ0v) is 17.7. The number of fused-ring (bicyclic) bond motifs is 1. The molecule has 2 amide bonds. The summed E-state index contributed by atoms with van der Waals surface area (Å²) in [5.74, 6) is 0.396. The van der Waals surface area contributed by atoms with Crippen LogP contribution < -0.4 is 15.4 Å². The number of carbonyl (C=O) groups is 2. The third kappa shape index (κ3) is 5.64. The fraction of sp³-hybridized carbons (Fsp3) is 0.364. The molecule has 154 valence electrons. The van der Waals surface area contributed by atoms with Crippen LogP contribution in [-0.4, -0.2) is 23.7 Å². The number of amides is 2. The van der Waals surface area contributed by atoms with Crippen LogP contribution in [0.1, 0.15) is 44.9 Å². The van der Waals surface area contributed by atoms with Crippen LogP contribution in [0.25, 0.3) is 0 Å². The van der Waals surface area contributed by atoms with Gasteiger partial charge in [0.25, 0.3) is 5.91 Å². The van der Waals surface area contributed by atoms with E-state index < -0.39 is 17.8 Å². The number of alkyl carbamates (subject to hydrolysis) is 1. The fourth-order valence-electron chi connectivity index (χ4n) is 3.00. The first-order valence-corrected chi connectivity index (χ1v) is 9.84. The monoisotopic (exact) mass is 416 g/mol. The van der Waals surface area contributed by atoms with Gasteiger partial charge in [0.15, 0.2) is 6.10 Å². The summed E-state index contributed by atoms with van der Waals surface area (Å²) in [6, 6.07) is 12.6. The summed E-state index contributed by atoms with van der Waals surface area (Å²) in [5.41, 5.74) is 1.80. The van der Waals surface area contributed by atoms with Gasteiger partial charge in [-0.25, -0.2) is 4.79 Å². The number of hydrogen-bond donors (Lipinski definition) is 2. The topological polar surface area (TPSA) is 76.7 Å². The molecule has 2 unspecified atom stereocenters. The average Bonchev–Trinajstić information content (AvgIpc) is 2.62. The first-order chi connectivity index (χ1) is 13.6. The lowest BCUT2D eigenvalue weighted by Gasteiger charge is -2.27. The Hall–Kier alpha value is -2.73. The van der Waals surface area contributed by atoms with E-state index in [-0.39, 0.29) is 11.9 Å². The van der Waals surface area contributed by atoms with Crippen molar-refractivity contribution in [3.8, 4) is 5.75 Å². The summed E-state index contributed by atoms with van der Waals surface area (Å²) in [5, 5.41) is 6.42. The van der Waals surface area contributed by atoms with Crippen molar-refractivity contribution < 1.29 is 19.1 Å². The third-order valence-electron chi connectivity index (χ3n) is 4.38. The summed E-state index contributed by atoms with van der Waals surface area (Å²) >= 11 is 5.98. The first-order valence-electron chi connectivity index (χ1n) is 9.46. The Bertz CT molecular complexity index is 906. The number of carbonyl (C=O) groups excluding carboxylic acids is 2. The van der Waals surface area contributed by atoms with Crippen molar-refractivity contribution in [3.05, 3.63) is 58.6 Å². The number of hydrogen-bond acceptors (Lipinski definition) is 4. The van der Waals surface area contributed by atoms with Gasteiger partial charge in [-0.05, 0) is 69.5 Å². The van der Waals surface area contributed by atoms with Crippen LogP contribution >= 0.6 is 11.6 Å². The lowest BCUT2D eigenvalue weighted by atomic mass is 9.98. The van der Waals surface area contributed by atoms with Crippen LogP contribution in [0.5, 0.6) is 5.75 Å². The Balaban J connectivity index is 1.87. The number of halogens is 1. The molecule has 0 aliphatic carbocycles. The van der Waals surface area contributed by atoms with Crippen LogP contribution in [0, 0.1) is 0 Å². The number of rotatable bonds is 4. The van der Waals surface area contributed by atoms with E-state index in [1.807, 2.05) is 57.2 Å². The van der Waals surface area contributed by atoms with E-state index in [4.69, 9.17) is 21.1 Å². The van der Waals surface area contributed by atoms with Gasteiger partial charge in [-0.15, -0.1) is 0 Å². The van der Waals surface area contributed by atoms with Crippen molar-refractivity contribution >= 4 is 29.3 Å². The Kier molecular flexibility index (Phi) is 6.03. The SMILES string of the molecule is CC1Oc2ccc(C(Cc3ccc(Cl)cc3)NC(=O)OC(C)(C)C)cc2NC1=O. The Labute approximate surface area is 175 Å². The molecule has 1 heterocycles. The van der Waals surface area contributed by atoms with Crippen molar-refractivity contribution in [2.24, 2.45) is 0 Å². The van der Waals surface area contributed by atoms with Crippen molar-refractivity contribution in [3.63, 3.8) is 0 Å². The van der Waals surface area contributed by atoms with Gasteiger partial charge in [0.2, 0.25) is 0 Å². The molecule has 2 aromatic carbocycles. The number of anilines is 1. The van der Waals surface area contributed by atoms with E-state index in [2.05, 4.69) is 10.6 Å². The smallest absolute Gasteiger partial charge is 0.408 e. The highest BCUT2D eigenvalue weighted by Gasteiger charge is 2.26. The molecule has 0 spiro atoms. The molecular weight excluding hydrogens is 392 g/mol. The summed E-state index contributed by atoms with van der Waals surface area (Å²) < 4.78 is 11.0. The molecule has 3 rings (SSSR count). The molecule has 0 saturated heterocycles. The Morgan fingerprint density at radius 1 is 1.24 bits per heavy atom. The molecule has 2 aromatic rings. The normalized spacial score (nSPS) is 16.9. The van der Waals surface area contributed by atoms with Crippen LogP contribution in [-0.2, 0) is 16.0 Å². The van der Waals surface area contributed by atoms with E-state index in [1.54, 1.807) is 13.0 Å². The molecule has 29 heavy (non-hydrogen) atoms. The minimum atomic E-state index is -0.608. The van der Waals surface area contributed by atoms with Crippen LogP contribution in [0.2, 0.25) is 5.02 Å². The maximum absolute atomic E-state index is 12.4. The van der Waals surface area contributed by atoms with Gasteiger partial charge in [0.1, 0.15) is 11.4 Å². The van der Waals surface area contributed by atoms with E-state index in [9.17, 15) is 9.59 Å². The first kappa shape index (κ1) is 21.0. The lowest BCUT2D eigenvalue weighted by molar-refractivity contribution is -0.122. The maximum Gasteiger partial charge on any atom is 0.408 e. The minimum Gasteiger partial charge on any atom is -0.479 e. The number of benzene rings is 2. The molecule has 6 nitrogen and oxygen atoms in total. The lowest BCUT2D eigenvalue weighted by Crippen LogP contribution is -2.36. The molecule has 0 saturated carbocycles. The second kappa shape index (κ2) is 8.33. The van der Waals surface area contributed by atoms with E-state index >= 15 is 0 Å². The van der Waals surface area contributed by atoms with Gasteiger partial charge in [-0.1, -0.05) is 29.8 Å². The molecule has 2 atom stereocenters. The summed E-state index contributed by atoms with van der Waals surface area (Å²) in [7, 11) is 0. The number of nitrogens with one attached hydrogen (secondary N) is 2. The van der Waals surface area contributed by atoms with E-state index in [0.29, 0.717) is 22.9 Å². The zero-order chi connectivity index (χ0) is 21.2. The van der Waals surface area contributed by atoms with Gasteiger partial charge in [-0.2, -0.15) is 0 Å². The second-order valence-corrected chi connectivity index (χ2v) is 8.47. The third-order valence-corrected chi connectivity index (χ3v) is 4.63. The minimum absolute atomic E-state index is 0.205. The van der Waals surface area contributed by atoms with Gasteiger partial charge in [-0.3, -0.25) is 4.79 Å². The Morgan fingerprint density at radius 3 is 2.59 bits per heavy atom. The molecule has 2 N–H and O–H groups in total. The maximum atomic E-state index is 12.4. The van der Waals surface area contributed by atoms with Crippen LogP contribution in [0.3, 0.4) is 0 Å². The summed E-state index contributed by atoms with van der Waals surface area (Å²) in [6.45, 7) is 7.13. The van der Waals surface area contributed by atoms with E-state index in [0.717, 1.165) is 11.1 Å². The highest BCUT2D eigenvalue weighted by Crippen LogP contribution is 2.33. The van der Waals surface area contributed by atoms with Crippen molar-refractivity contribution in [2.75, 3.05) is 5.32 Å². The molecular formula is C22H25ClN2O4. The predicted molar refractivity (Wildman–Crippen MR) is 112 cm³/mol. The Morgan fingerprint density at radius 2 is 1.93 bits per heavy atom. The van der Waals surface area contributed by atoms with Gasteiger partial charge < -0.3 is 20.1 Å². The molecule has 1 aliphatic rings. The molecule has 0 bridgehead atoms. The summed E-state index contributed by atoms with van der Waals surface area (Å²) in [4.78, 5) is 24.4. The van der Waals surface area contributed by atoms with Crippen molar-refractivity contribution in [1.29, 1.82) is 0 Å². The van der Waals surface area contributed by atoms with Gasteiger partial charge in [0, 0.05) is 5.02 Å². The highest BCUT2D eigenvalue weighted by molar-refractivity contribution is 6.30. The highest BCUT2D eigenvalue weighted by atomic mass is 35.5. The largest absolute Gasteiger partial charge is 0.479 e. The molecule has 1 aliphatic heterocycles. The van der Waals surface area contributed by atoms with Crippen LogP contribution in [0.4, 0.5) is 10.5 Å². The fourth-order valence-corrected chi connectivity index (χ4v) is 3.13. The summed E-state index contributed by atoms with van der Waals surface area (Å²) in [6.07, 6.45) is -0.526. The molecule has 7 heteroatoms. The molecule has 0 radical (unpaired) electrons. The molecule has 0 fully saturated rings. The van der Waals surface area contributed by atoms with Crippen molar-refractivity contribution in [2.45, 2.75) is 51.9 Å². The van der Waals surface area contributed by atoms with Gasteiger partial charge in [0.05, 0.1) is 11.7 Å². The van der Waals surface area contributed by atoms with E-state index in [1.165, 1.54) is 0 Å². The second-order valence-electron chi connectivity index (χ2n) is 8.03. The predicted octanol–water partition coefficient (Wildman–Crippen LogP) is 4.87. The number of ether oxygens (including phenoxy) is 2. The van der Waals surface area contributed by atoms with Crippen molar-refractivity contribution in [1.82, 2.24) is 5.32 Å². The zero-order valence-electron chi connectivity index (χ0n) is 16.9. The average molecular weight is 417 g/mol. The quantitative estimate of drug-likeness (QED) is 0.745. The standard InChI is InChI=1S/C22H25ClN2O4/c1-13-20(26)24-18-12-15(7-10-19(18)28-13)17(25-21(27)29-22(2,3)4)11-14-5-8-16(23)9-6-14/h5-10,12-13,17H,11H2,1-4H3,(H,24,26)(H,25,27). The van der Waals surface area contributed by atoms with Crippen LogP contribution in [0.15, 0.2) is 42.5 Å².